The highest BCUT2D eigenvalue weighted by Crippen LogP contribution is 2.17. The zero-order chi connectivity index (χ0) is 12.0. The minimum absolute atomic E-state index is 0. The van der Waals surface area contributed by atoms with Crippen LogP contribution < -0.4 is 10.1 Å². The van der Waals surface area contributed by atoms with Crippen molar-refractivity contribution >= 4 is 18.1 Å². The van der Waals surface area contributed by atoms with Gasteiger partial charge in [0.1, 0.15) is 18.5 Å². The van der Waals surface area contributed by atoms with Crippen molar-refractivity contribution in [3.05, 3.63) is 34.4 Å². The van der Waals surface area contributed by atoms with Crippen LogP contribution in [0.3, 0.4) is 0 Å². The van der Waals surface area contributed by atoms with Crippen LogP contribution >= 0.6 is 12.4 Å². The molecule has 1 aromatic carbocycles. The van der Waals surface area contributed by atoms with Crippen LogP contribution in [0, 0.1) is 10.1 Å². The monoisotopic (exact) mass is 262 g/mol. The molecule has 0 amide bonds. The van der Waals surface area contributed by atoms with E-state index < -0.39 is 11.0 Å². The third-order valence-corrected chi connectivity index (χ3v) is 1.93. The molecule has 0 aliphatic heterocycles. The minimum Gasteiger partial charge on any atom is -0.491 e. The molecule has 2 N–H and O–H groups in total. The molecular formula is C10H15ClN2O4. The number of aliphatic hydroxyl groups excluding tert-OH is 1. The number of halogens is 1. The summed E-state index contributed by atoms with van der Waals surface area (Å²) in [5.74, 6) is 0.501. The fourth-order valence-electron chi connectivity index (χ4n) is 1.15. The van der Waals surface area contributed by atoms with Gasteiger partial charge in [-0.2, -0.15) is 0 Å². The molecule has 0 spiro atoms. The smallest absolute Gasteiger partial charge is 0.269 e. The Morgan fingerprint density at radius 2 is 2.06 bits per heavy atom. The number of hydrogen-bond donors (Lipinski definition) is 2. The maximum absolute atomic E-state index is 10.4. The molecule has 1 aromatic rings. The molecule has 0 aromatic heterocycles. The maximum Gasteiger partial charge on any atom is 0.269 e. The second-order valence-corrected chi connectivity index (χ2v) is 3.27. The summed E-state index contributed by atoms with van der Waals surface area (Å²) in [6.07, 6.45) is -0.597. The Labute approximate surface area is 105 Å². The lowest BCUT2D eigenvalue weighted by Gasteiger charge is -2.11. The number of aliphatic hydroxyl groups is 1. The van der Waals surface area contributed by atoms with E-state index in [0.29, 0.717) is 12.3 Å². The molecule has 6 nitrogen and oxygen atoms in total. The molecule has 0 aliphatic carbocycles. The topological polar surface area (TPSA) is 84.6 Å². The van der Waals surface area contributed by atoms with Crippen LogP contribution in [0.2, 0.25) is 0 Å². The number of nitro groups is 1. The third kappa shape index (κ3) is 5.48. The van der Waals surface area contributed by atoms with Gasteiger partial charge in [0, 0.05) is 18.7 Å². The molecule has 0 saturated heterocycles. The number of ether oxygens (including phenoxy) is 1. The molecule has 96 valence electrons. The fourth-order valence-corrected chi connectivity index (χ4v) is 1.15. The summed E-state index contributed by atoms with van der Waals surface area (Å²) >= 11 is 0. The Bertz CT molecular complexity index is 345. The van der Waals surface area contributed by atoms with Gasteiger partial charge in [0.2, 0.25) is 0 Å². The minimum atomic E-state index is -0.597. The quantitative estimate of drug-likeness (QED) is 0.590. The van der Waals surface area contributed by atoms with E-state index in [-0.39, 0.29) is 24.7 Å². The van der Waals surface area contributed by atoms with Crippen molar-refractivity contribution in [1.29, 1.82) is 0 Å². The Morgan fingerprint density at radius 1 is 1.47 bits per heavy atom. The molecule has 17 heavy (non-hydrogen) atoms. The summed E-state index contributed by atoms with van der Waals surface area (Å²) in [7, 11) is 1.73. The van der Waals surface area contributed by atoms with Crippen LogP contribution in [0.5, 0.6) is 5.75 Å². The van der Waals surface area contributed by atoms with Crippen molar-refractivity contribution in [1.82, 2.24) is 5.32 Å². The van der Waals surface area contributed by atoms with Crippen LogP contribution in [-0.4, -0.2) is 36.3 Å². The van der Waals surface area contributed by atoms with Crippen molar-refractivity contribution in [2.75, 3.05) is 20.2 Å². The normalized spacial score (nSPS) is 11.4. The van der Waals surface area contributed by atoms with E-state index in [4.69, 9.17) is 4.74 Å². The molecular weight excluding hydrogens is 248 g/mol. The highest BCUT2D eigenvalue weighted by atomic mass is 35.5. The van der Waals surface area contributed by atoms with Gasteiger partial charge < -0.3 is 15.2 Å². The van der Waals surface area contributed by atoms with Gasteiger partial charge in [-0.3, -0.25) is 10.1 Å². The van der Waals surface area contributed by atoms with E-state index in [9.17, 15) is 15.2 Å². The van der Waals surface area contributed by atoms with Gasteiger partial charge in [0.05, 0.1) is 4.92 Å². The molecule has 1 atom stereocenters. The van der Waals surface area contributed by atoms with E-state index in [1.54, 1.807) is 7.05 Å². The van der Waals surface area contributed by atoms with Crippen LogP contribution in [0.25, 0.3) is 0 Å². The molecule has 0 radical (unpaired) electrons. The van der Waals surface area contributed by atoms with E-state index in [0.717, 1.165) is 0 Å². The lowest BCUT2D eigenvalue weighted by atomic mass is 10.3. The largest absolute Gasteiger partial charge is 0.491 e. The summed E-state index contributed by atoms with van der Waals surface area (Å²) in [5.41, 5.74) is 0.0168. The van der Waals surface area contributed by atoms with E-state index in [1.165, 1.54) is 24.3 Å². The molecule has 1 unspecified atom stereocenters. The standard InChI is InChI=1S/C10H14N2O4.ClH/c1-11-6-9(13)7-16-10-4-2-8(3-5-10)12(14)15;/h2-5,9,11,13H,6-7H2,1H3;1H. The van der Waals surface area contributed by atoms with Gasteiger partial charge >= 0.3 is 0 Å². The number of likely N-dealkylation sites (N-methyl/N-ethyl adjacent to an activating group) is 1. The van der Waals surface area contributed by atoms with Crippen molar-refractivity contribution in [2.45, 2.75) is 6.10 Å². The molecule has 0 fully saturated rings. The summed E-state index contributed by atoms with van der Waals surface area (Å²) in [4.78, 5) is 9.91. The van der Waals surface area contributed by atoms with Gasteiger partial charge in [-0.25, -0.2) is 0 Å². The predicted octanol–water partition coefficient (Wildman–Crippen LogP) is 0.976. The van der Waals surface area contributed by atoms with Crippen molar-refractivity contribution in [3.63, 3.8) is 0 Å². The highest BCUT2D eigenvalue weighted by molar-refractivity contribution is 5.85. The zero-order valence-electron chi connectivity index (χ0n) is 9.33. The van der Waals surface area contributed by atoms with Crippen LogP contribution in [0.1, 0.15) is 0 Å². The number of nitrogens with zero attached hydrogens (tertiary/aromatic N) is 1. The fraction of sp³-hybridized carbons (Fsp3) is 0.400. The van der Waals surface area contributed by atoms with Crippen LogP contribution in [-0.2, 0) is 0 Å². The first-order valence-corrected chi connectivity index (χ1v) is 4.83. The lowest BCUT2D eigenvalue weighted by molar-refractivity contribution is -0.384. The van der Waals surface area contributed by atoms with Crippen molar-refractivity contribution in [2.24, 2.45) is 0 Å². The zero-order valence-corrected chi connectivity index (χ0v) is 10.1. The number of benzene rings is 1. The Balaban J connectivity index is 0.00000256. The second-order valence-electron chi connectivity index (χ2n) is 3.27. The van der Waals surface area contributed by atoms with Gasteiger partial charge in [-0.1, -0.05) is 0 Å². The van der Waals surface area contributed by atoms with E-state index in [1.807, 2.05) is 0 Å². The second kappa shape index (κ2) is 7.83. The van der Waals surface area contributed by atoms with Crippen molar-refractivity contribution in [3.8, 4) is 5.75 Å². The summed E-state index contributed by atoms with van der Waals surface area (Å²) in [6, 6.07) is 5.73. The Morgan fingerprint density at radius 3 is 2.53 bits per heavy atom. The predicted molar refractivity (Wildman–Crippen MR) is 65.8 cm³/mol. The first-order valence-electron chi connectivity index (χ1n) is 4.83. The summed E-state index contributed by atoms with van der Waals surface area (Å²) in [6.45, 7) is 0.589. The number of nitrogens with one attached hydrogen (secondary N) is 1. The average molecular weight is 263 g/mol. The lowest BCUT2D eigenvalue weighted by Crippen LogP contribution is -2.29. The molecule has 0 aliphatic rings. The summed E-state index contributed by atoms with van der Waals surface area (Å²) < 4.78 is 5.24. The van der Waals surface area contributed by atoms with Gasteiger partial charge in [0.15, 0.2) is 0 Å². The molecule has 0 saturated carbocycles. The maximum atomic E-state index is 10.4. The Hall–Kier alpha value is -1.37. The van der Waals surface area contributed by atoms with Gasteiger partial charge in [0.25, 0.3) is 5.69 Å². The molecule has 1 rings (SSSR count). The highest BCUT2D eigenvalue weighted by Gasteiger charge is 2.06. The van der Waals surface area contributed by atoms with E-state index in [2.05, 4.69) is 5.32 Å². The number of non-ortho nitro benzene ring substituents is 1. The number of hydrogen-bond acceptors (Lipinski definition) is 5. The molecule has 7 heteroatoms. The first kappa shape index (κ1) is 15.6. The third-order valence-electron chi connectivity index (χ3n) is 1.93. The van der Waals surface area contributed by atoms with Crippen molar-refractivity contribution < 1.29 is 14.8 Å². The molecule has 0 heterocycles. The van der Waals surface area contributed by atoms with Crippen LogP contribution in [0.15, 0.2) is 24.3 Å². The Kier molecular flexibility index (Phi) is 7.20. The SMILES string of the molecule is CNCC(O)COc1ccc([N+](=O)[O-])cc1.Cl. The first-order chi connectivity index (χ1) is 7.63. The van der Waals surface area contributed by atoms with Gasteiger partial charge in [-0.15, -0.1) is 12.4 Å². The summed E-state index contributed by atoms with van der Waals surface area (Å²) in [5, 5.41) is 22.5. The number of nitro benzene ring substituents is 1. The molecule has 0 bridgehead atoms. The van der Waals surface area contributed by atoms with Gasteiger partial charge in [-0.05, 0) is 19.2 Å². The average Bonchev–Trinajstić information content (AvgIpc) is 2.27. The number of rotatable bonds is 6. The van der Waals surface area contributed by atoms with Crippen LogP contribution in [0.4, 0.5) is 5.69 Å². The van der Waals surface area contributed by atoms with E-state index >= 15 is 0 Å².